The smallest absolute Gasteiger partial charge is 0.298 e. The molecule has 1 aromatic heterocycles. The van der Waals surface area contributed by atoms with Crippen molar-refractivity contribution in [3.63, 3.8) is 0 Å². The topological polar surface area (TPSA) is 67.2 Å². The lowest BCUT2D eigenvalue weighted by Crippen LogP contribution is -2.19. The summed E-state index contributed by atoms with van der Waals surface area (Å²) >= 11 is 0. The largest absolute Gasteiger partial charge is 0.436 e. The minimum atomic E-state index is -4.86. The Bertz CT molecular complexity index is 890. The van der Waals surface area contributed by atoms with Gasteiger partial charge in [0, 0.05) is 26.3 Å². The Kier molecular flexibility index (Phi) is 3.83. The van der Waals surface area contributed by atoms with Crippen LogP contribution in [0.1, 0.15) is 16.8 Å². The third-order valence-electron chi connectivity index (χ3n) is 3.74. The van der Waals surface area contributed by atoms with Crippen LogP contribution in [0.25, 0.3) is 0 Å². The molecule has 2 heterocycles. The van der Waals surface area contributed by atoms with Gasteiger partial charge in [0.2, 0.25) is 0 Å². The predicted octanol–water partition coefficient (Wildman–Crippen LogP) is 2.19. The second-order valence-electron chi connectivity index (χ2n) is 5.73. The van der Waals surface area contributed by atoms with E-state index in [2.05, 4.69) is 9.82 Å². The zero-order valence-electron chi connectivity index (χ0n) is 12.9. The highest BCUT2D eigenvalue weighted by Gasteiger charge is 2.41. The molecule has 1 aromatic carbocycles. The van der Waals surface area contributed by atoms with Gasteiger partial charge < -0.3 is 0 Å². The van der Waals surface area contributed by atoms with E-state index in [1.54, 1.807) is 12.1 Å². The first kappa shape index (κ1) is 16.8. The summed E-state index contributed by atoms with van der Waals surface area (Å²) in [6, 6.07) is 5.07. The molecule has 0 fully saturated rings. The highest BCUT2D eigenvalue weighted by atomic mass is 32.2. The summed E-state index contributed by atoms with van der Waals surface area (Å²) in [5, 5.41) is 3.24. The van der Waals surface area contributed by atoms with Gasteiger partial charge in [-0.25, -0.2) is 8.42 Å². The number of hydrogen-bond donors (Lipinski definition) is 1. The van der Waals surface area contributed by atoms with Crippen LogP contribution in [-0.2, 0) is 36.3 Å². The molecule has 24 heavy (non-hydrogen) atoms. The van der Waals surface area contributed by atoms with Gasteiger partial charge in [0.05, 0.1) is 5.69 Å². The van der Waals surface area contributed by atoms with Crippen molar-refractivity contribution in [1.82, 2.24) is 14.7 Å². The highest BCUT2D eigenvalue weighted by Crippen LogP contribution is 2.35. The van der Waals surface area contributed by atoms with Gasteiger partial charge in [0.15, 0.2) is 5.69 Å². The lowest BCUT2D eigenvalue weighted by molar-refractivity contribution is -0.143. The Morgan fingerprint density at radius 3 is 2.58 bits per heavy atom. The maximum absolute atomic E-state index is 13.0. The van der Waals surface area contributed by atoms with Gasteiger partial charge in [-0.15, -0.1) is 0 Å². The second-order valence-corrected chi connectivity index (χ2v) is 7.39. The van der Waals surface area contributed by atoms with Crippen molar-refractivity contribution in [3.05, 3.63) is 41.2 Å². The average Bonchev–Trinajstić information content (AvgIpc) is 3.01. The van der Waals surface area contributed by atoms with E-state index < -0.39 is 26.8 Å². The first-order valence-electron chi connectivity index (χ1n) is 7.01. The first-order chi connectivity index (χ1) is 11.1. The van der Waals surface area contributed by atoms with E-state index >= 15 is 0 Å². The Morgan fingerprint density at radius 2 is 1.92 bits per heavy atom. The van der Waals surface area contributed by atoms with Gasteiger partial charge in [0.25, 0.3) is 10.0 Å². The molecule has 1 aliphatic rings. The molecule has 0 saturated heterocycles. The molecule has 10 heteroatoms. The molecule has 6 nitrogen and oxygen atoms in total. The quantitative estimate of drug-likeness (QED) is 0.911. The number of fused-ring (bicyclic) bond motifs is 1. The second kappa shape index (κ2) is 5.49. The van der Waals surface area contributed by atoms with E-state index in [1.807, 2.05) is 18.0 Å². The maximum atomic E-state index is 13.0. The van der Waals surface area contributed by atoms with Crippen LogP contribution in [0.3, 0.4) is 0 Å². The van der Waals surface area contributed by atoms with Crippen LogP contribution < -0.4 is 4.72 Å². The fraction of sp³-hybridized carbons (Fsp3) is 0.357. The van der Waals surface area contributed by atoms with Gasteiger partial charge in [-0.2, -0.15) is 18.3 Å². The molecule has 0 spiro atoms. The number of aryl methyl sites for hydroxylation is 1. The SMILES string of the molecule is CN1Cc2cccc(NS(=O)(=O)c3cn(C)nc3C(F)(F)F)c2C1. The summed E-state index contributed by atoms with van der Waals surface area (Å²) in [6.07, 6.45) is -4.01. The molecule has 0 unspecified atom stereocenters. The Labute approximate surface area is 136 Å². The standard InChI is InChI=1S/C14H15F3N4O2S/c1-20-6-9-4-3-5-11(10(9)7-20)19-24(22,23)12-8-21(2)18-13(12)14(15,16)17/h3-5,8,19H,6-7H2,1-2H3. The number of nitrogens with zero attached hydrogens (tertiary/aromatic N) is 3. The third-order valence-corrected chi connectivity index (χ3v) is 5.11. The van der Waals surface area contributed by atoms with E-state index in [9.17, 15) is 21.6 Å². The van der Waals surface area contributed by atoms with E-state index in [0.717, 1.165) is 22.0 Å². The molecule has 130 valence electrons. The summed E-state index contributed by atoms with van der Waals surface area (Å²) in [5.41, 5.74) is 0.567. The molecule has 1 aliphatic heterocycles. The molecule has 3 rings (SSSR count). The van der Waals surface area contributed by atoms with Crippen LogP contribution in [0, 0.1) is 0 Å². The first-order valence-corrected chi connectivity index (χ1v) is 8.49. The minimum Gasteiger partial charge on any atom is -0.298 e. The summed E-state index contributed by atoms with van der Waals surface area (Å²) in [6.45, 7) is 1.18. The summed E-state index contributed by atoms with van der Waals surface area (Å²) in [5.74, 6) is 0. The number of rotatable bonds is 3. The third kappa shape index (κ3) is 2.98. The number of aromatic nitrogens is 2. The molecule has 0 amide bonds. The number of benzene rings is 1. The van der Waals surface area contributed by atoms with Crippen molar-refractivity contribution in [2.75, 3.05) is 11.8 Å². The summed E-state index contributed by atoms with van der Waals surface area (Å²) < 4.78 is 67.2. The zero-order valence-corrected chi connectivity index (χ0v) is 13.7. The van der Waals surface area contributed by atoms with Crippen LogP contribution in [-0.4, -0.2) is 30.1 Å². The fourth-order valence-corrected chi connectivity index (χ4v) is 4.03. The van der Waals surface area contributed by atoms with Crippen LogP contribution in [0.2, 0.25) is 0 Å². The molecule has 0 saturated carbocycles. The van der Waals surface area contributed by atoms with Gasteiger partial charge in [-0.3, -0.25) is 14.3 Å². The molecule has 0 atom stereocenters. The van der Waals surface area contributed by atoms with Crippen LogP contribution in [0.15, 0.2) is 29.3 Å². The van der Waals surface area contributed by atoms with E-state index in [1.165, 1.54) is 7.05 Å². The van der Waals surface area contributed by atoms with Crippen molar-refractivity contribution in [2.24, 2.45) is 7.05 Å². The molecule has 0 aliphatic carbocycles. The molecule has 0 bridgehead atoms. The van der Waals surface area contributed by atoms with Crippen molar-refractivity contribution in [3.8, 4) is 0 Å². The number of anilines is 1. The van der Waals surface area contributed by atoms with Crippen molar-refractivity contribution >= 4 is 15.7 Å². The average molecular weight is 360 g/mol. The van der Waals surface area contributed by atoms with E-state index in [-0.39, 0.29) is 5.69 Å². The van der Waals surface area contributed by atoms with Crippen molar-refractivity contribution < 1.29 is 21.6 Å². The normalized spacial score (nSPS) is 15.5. The summed E-state index contributed by atoms with van der Waals surface area (Å²) in [7, 11) is -1.30. The Balaban J connectivity index is 2.02. The van der Waals surface area contributed by atoms with Crippen molar-refractivity contribution in [2.45, 2.75) is 24.2 Å². The molecular formula is C14H15F3N4O2S. The van der Waals surface area contributed by atoms with Gasteiger partial charge >= 0.3 is 6.18 Å². The van der Waals surface area contributed by atoms with Crippen LogP contribution >= 0.6 is 0 Å². The maximum Gasteiger partial charge on any atom is 0.436 e. The Morgan fingerprint density at radius 1 is 1.21 bits per heavy atom. The van der Waals surface area contributed by atoms with Crippen LogP contribution in [0.5, 0.6) is 0 Å². The number of alkyl halides is 3. The van der Waals surface area contributed by atoms with Gasteiger partial charge in [-0.05, 0) is 24.2 Å². The predicted molar refractivity (Wildman–Crippen MR) is 80.6 cm³/mol. The van der Waals surface area contributed by atoms with Crippen molar-refractivity contribution in [1.29, 1.82) is 0 Å². The summed E-state index contributed by atoms with van der Waals surface area (Å²) in [4.78, 5) is 1.09. The van der Waals surface area contributed by atoms with Crippen LogP contribution in [0.4, 0.5) is 18.9 Å². The number of sulfonamides is 1. The molecular weight excluding hydrogens is 345 g/mol. The number of hydrogen-bond acceptors (Lipinski definition) is 4. The molecule has 1 N–H and O–H groups in total. The Hall–Kier alpha value is -2.07. The molecule has 2 aromatic rings. The molecule has 0 radical (unpaired) electrons. The minimum absolute atomic E-state index is 0.286. The zero-order chi connectivity index (χ0) is 17.7. The monoisotopic (exact) mass is 360 g/mol. The number of halogens is 3. The fourth-order valence-electron chi connectivity index (χ4n) is 2.74. The number of nitrogens with one attached hydrogen (secondary N) is 1. The van der Waals surface area contributed by atoms with Gasteiger partial charge in [0.1, 0.15) is 4.90 Å². The van der Waals surface area contributed by atoms with Gasteiger partial charge in [-0.1, -0.05) is 12.1 Å². The van der Waals surface area contributed by atoms with E-state index in [0.29, 0.717) is 13.1 Å². The lowest BCUT2D eigenvalue weighted by Gasteiger charge is -2.12. The highest BCUT2D eigenvalue weighted by molar-refractivity contribution is 7.92. The van der Waals surface area contributed by atoms with E-state index in [4.69, 9.17) is 0 Å². The lowest BCUT2D eigenvalue weighted by atomic mass is 10.1.